The van der Waals surface area contributed by atoms with Crippen LogP contribution < -0.4 is 0 Å². The van der Waals surface area contributed by atoms with Gasteiger partial charge in [0.1, 0.15) is 13.2 Å². The topological polar surface area (TPSA) is 47.9 Å². The van der Waals surface area contributed by atoms with Gasteiger partial charge in [-0.1, -0.05) is 87.0 Å². The van der Waals surface area contributed by atoms with Gasteiger partial charge in [0, 0.05) is 5.88 Å². The van der Waals surface area contributed by atoms with Gasteiger partial charge in [0.25, 0.3) is 0 Å². The fraction of sp³-hybridized carbons (Fsp3) is 0.231. The molecule has 1 N–H and O–H groups in total. The molecule has 2 rings (SSSR count). The van der Waals surface area contributed by atoms with Gasteiger partial charge >= 0.3 is 0 Å². The minimum absolute atomic E-state index is 0.0615. The van der Waals surface area contributed by atoms with E-state index in [2.05, 4.69) is 31.1 Å². The Morgan fingerprint density at radius 3 is 1.58 bits per heavy atom. The van der Waals surface area contributed by atoms with E-state index in [1.54, 1.807) is 0 Å². The summed E-state index contributed by atoms with van der Waals surface area (Å²) in [5.41, 5.74) is 4.55. The number of benzene rings is 2. The molecular formula is C26H33ClO4. The van der Waals surface area contributed by atoms with Crippen LogP contribution in [0.2, 0.25) is 0 Å². The quantitative estimate of drug-likeness (QED) is 0.240. The molecule has 0 saturated carbocycles. The molecule has 0 unspecified atom stereocenters. The summed E-state index contributed by atoms with van der Waals surface area (Å²) in [6, 6.07) is 16.1. The van der Waals surface area contributed by atoms with Crippen molar-refractivity contribution in [2.45, 2.75) is 12.5 Å². The van der Waals surface area contributed by atoms with Gasteiger partial charge in [-0.3, -0.25) is 0 Å². The van der Waals surface area contributed by atoms with E-state index in [9.17, 15) is 0 Å². The Bertz CT molecular complexity index is 724. The number of ether oxygens (including phenoxy) is 3. The van der Waals surface area contributed by atoms with Crippen LogP contribution in [0, 0.1) is 0 Å². The highest BCUT2D eigenvalue weighted by Crippen LogP contribution is 2.07. The number of aliphatic hydroxyl groups is 1. The summed E-state index contributed by atoms with van der Waals surface area (Å²) < 4.78 is 14.8. The molecule has 2 aromatic carbocycles. The number of halogens is 1. The monoisotopic (exact) mass is 444 g/mol. The van der Waals surface area contributed by atoms with Gasteiger partial charge in [0.2, 0.25) is 0 Å². The Morgan fingerprint density at radius 2 is 1.19 bits per heavy atom. The third-order valence-corrected chi connectivity index (χ3v) is 3.95. The summed E-state index contributed by atoms with van der Waals surface area (Å²) in [4.78, 5) is 0. The lowest BCUT2D eigenvalue weighted by Crippen LogP contribution is -2.01. The van der Waals surface area contributed by atoms with Gasteiger partial charge in [0.05, 0.1) is 32.3 Å². The first-order valence-electron chi connectivity index (χ1n) is 9.77. The highest BCUT2D eigenvalue weighted by atomic mass is 35.5. The van der Waals surface area contributed by atoms with Crippen LogP contribution in [0.25, 0.3) is 12.2 Å². The molecule has 0 radical (unpaired) electrons. The zero-order valence-electron chi connectivity index (χ0n) is 18.0. The molecule has 0 aliphatic heterocycles. The Labute approximate surface area is 191 Å². The van der Waals surface area contributed by atoms with Gasteiger partial charge in [-0.2, -0.15) is 0 Å². The second kappa shape index (κ2) is 20.5. The lowest BCUT2D eigenvalue weighted by Gasteiger charge is -2.04. The highest BCUT2D eigenvalue weighted by Gasteiger charge is 1.93. The zero-order chi connectivity index (χ0) is 23.2. The van der Waals surface area contributed by atoms with Gasteiger partial charge in [-0.25, -0.2) is 0 Å². The van der Waals surface area contributed by atoms with Crippen LogP contribution in [0.15, 0.2) is 87.4 Å². The average Bonchev–Trinajstić information content (AvgIpc) is 2.84. The second-order valence-corrected chi connectivity index (χ2v) is 6.14. The molecule has 0 aromatic heterocycles. The maximum atomic E-state index is 8.02. The third kappa shape index (κ3) is 15.7. The van der Waals surface area contributed by atoms with Gasteiger partial charge in [0.15, 0.2) is 0 Å². The maximum absolute atomic E-state index is 8.02. The number of rotatable bonds is 12. The van der Waals surface area contributed by atoms with E-state index in [0.29, 0.717) is 32.3 Å². The van der Waals surface area contributed by atoms with Crippen LogP contribution in [-0.2, 0) is 26.7 Å². The predicted octanol–water partition coefficient (Wildman–Crippen LogP) is 6.21. The van der Waals surface area contributed by atoms with E-state index in [1.807, 2.05) is 60.7 Å². The summed E-state index contributed by atoms with van der Waals surface area (Å²) in [7, 11) is 0. The van der Waals surface area contributed by atoms with Gasteiger partial charge in [-0.15, -0.1) is 11.6 Å². The van der Waals surface area contributed by atoms with Crippen molar-refractivity contribution < 1.29 is 19.3 Å². The van der Waals surface area contributed by atoms with Crippen molar-refractivity contribution in [2.75, 3.05) is 26.4 Å². The molecule has 4 nitrogen and oxygen atoms in total. The number of hydrogen-bond donors (Lipinski definition) is 1. The zero-order valence-corrected chi connectivity index (χ0v) is 18.8. The molecule has 31 heavy (non-hydrogen) atoms. The molecule has 0 heterocycles. The average molecular weight is 445 g/mol. The van der Waals surface area contributed by atoms with Crippen molar-refractivity contribution in [3.63, 3.8) is 0 Å². The molecule has 0 aliphatic carbocycles. The largest absolute Gasteiger partial charge is 0.499 e. The molecule has 0 fully saturated rings. The van der Waals surface area contributed by atoms with Crippen molar-refractivity contribution in [1.29, 1.82) is 0 Å². The van der Waals surface area contributed by atoms with E-state index in [0.717, 1.165) is 22.3 Å². The summed E-state index contributed by atoms with van der Waals surface area (Å²) in [6.07, 6.45) is 6.36. The Kier molecular flexibility index (Phi) is 18.6. The van der Waals surface area contributed by atoms with E-state index in [4.69, 9.17) is 26.2 Å². The molecule has 5 heteroatoms. The maximum Gasteiger partial charge on any atom is 0.111 e. The second-order valence-electron chi connectivity index (χ2n) is 5.88. The summed E-state index contributed by atoms with van der Waals surface area (Å²) in [6.45, 7) is 16.2. The number of aliphatic hydroxyl groups excluding tert-OH is 1. The molecular weight excluding hydrogens is 412 g/mol. The first-order valence-corrected chi connectivity index (χ1v) is 10.3. The lowest BCUT2D eigenvalue weighted by atomic mass is 10.1. The third-order valence-electron chi connectivity index (χ3n) is 3.64. The van der Waals surface area contributed by atoms with Crippen LogP contribution >= 0.6 is 11.6 Å². The minimum Gasteiger partial charge on any atom is -0.499 e. The number of alkyl halides is 1. The molecule has 168 valence electrons. The van der Waals surface area contributed by atoms with E-state index in [-0.39, 0.29) is 6.61 Å². The van der Waals surface area contributed by atoms with Crippen molar-refractivity contribution in [3.8, 4) is 0 Å². The molecule has 0 amide bonds. The Balaban J connectivity index is 0.000000484. The van der Waals surface area contributed by atoms with Crippen LogP contribution in [0.3, 0.4) is 0 Å². The smallest absolute Gasteiger partial charge is 0.111 e. The van der Waals surface area contributed by atoms with Crippen LogP contribution in [0.5, 0.6) is 0 Å². The molecule has 0 aliphatic rings. The number of hydrogen-bond acceptors (Lipinski definition) is 4. The van der Waals surface area contributed by atoms with E-state index < -0.39 is 0 Å². The lowest BCUT2D eigenvalue weighted by molar-refractivity contribution is 0.0750. The first-order chi connectivity index (χ1) is 15.1. The van der Waals surface area contributed by atoms with Crippen molar-refractivity contribution in [2.24, 2.45) is 0 Å². The summed E-state index contributed by atoms with van der Waals surface area (Å²) in [5.74, 6) is 0.581. The summed E-state index contributed by atoms with van der Waals surface area (Å²) >= 11 is 5.60. The molecule has 0 atom stereocenters. The SMILES string of the molecule is C=COCCO.C=COCCOCc1ccc(C=C)cc1.C=Cc1ccc(CCl)cc1. The van der Waals surface area contributed by atoms with E-state index in [1.165, 1.54) is 12.5 Å². The molecule has 0 spiro atoms. The standard InChI is InChI=1S/C13H16O2.C9H9Cl.C4H8O2/c1-3-12-5-7-13(8-6-12)11-15-10-9-14-4-2;1-2-8-3-5-9(7-10)6-4-8;1-2-6-4-3-5/h3-8H,1-2,9-11H2;2-6H,1,7H2;2,5H,1,3-4H2. The van der Waals surface area contributed by atoms with Crippen molar-refractivity contribution in [3.05, 3.63) is 110 Å². The fourth-order valence-electron chi connectivity index (χ4n) is 2.01. The van der Waals surface area contributed by atoms with Crippen LogP contribution in [0.1, 0.15) is 22.3 Å². The van der Waals surface area contributed by atoms with Crippen LogP contribution in [-0.4, -0.2) is 31.5 Å². The normalized spacial score (nSPS) is 9.10. The van der Waals surface area contributed by atoms with Crippen LogP contribution in [0.4, 0.5) is 0 Å². The Morgan fingerprint density at radius 1 is 0.710 bits per heavy atom. The highest BCUT2D eigenvalue weighted by molar-refractivity contribution is 6.17. The Hall–Kier alpha value is -2.79. The minimum atomic E-state index is 0.0615. The van der Waals surface area contributed by atoms with Gasteiger partial charge in [-0.05, 0) is 22.3 Å². The van der Waals surface area contributed by atoms with Gasteiger partial charge < -0.3 is 19.3 Å². The predicted molar refractivity (Wildman–Crippen MR) is 132 cm³/mol. The molecule has 0 saturated heterocycles. The van der Waals surface area contributed by atoms with E-state index >= 15 is 0 Å². The molecule has 2 aromatic rings. The van der Waals surface area contributed by atoms with Crippen molar-refractivity contribution >= 4 is 23.8 Å². The summed E-state index contributed by atoms with van der Waals surface area (Å²) in [5, 5.41) is 8.02. The molecule has 0 bridgehead atoms. The van der Waals surface area contributed by atoms with Crippen molar-refractivity contribution in [1.82, 2.24) is 0 Å². The fourth-order valence-corrected chi connectivity index (χ4v) is 2.19. The first kappa shape index (κ1) is 28.2.